The molecule has 1 fully saturated rings. The van der Waals surface area contributed by atoms with Gasteiger partial charge in [-0.15, -0.1) is 0 Å². The molecule has 2 rings (SSSR count). The first-order valence-corrected chi connectivity index (χ1v) is 7.32. The van der Waals surface area contributed by atoms with Gasteiger partial charge in [0.1, 0.15) is 0 Å². The van der Waals surface area contributed by atoms with Gasteiger partial charge in [0.25, 0.3) is 0 Å². The second-order valence-electron chi connectivity index (χ2n) is 5.70. The summed E-state index contributed by atoms with van der Waals surface area (Å²) in [5.41, 5.74) is 8.09. The van der Waals surface area contributed by atoms with Crippen LogP contribution in [0.4, 0.5) is 5.69 Å². The second kappa shape index (κ2) is 6.72. The summed E-state index contributed by atoms with van der Waals surface area (Å²) < 4.78 is 0. The molecule has 1 aromatic carbocycles. The van der Waals surface area contributed by atoms with Crippen molar-refractivity contribution in [1.82, 2.24) is 4.90 Å². The quantitative estimate of drug-likeness (QED) is 0.639. The van der Waals surface area contributed by atoms with E-state index in [0.717, 1.165) is 18.7 Å². The van der Waals surface area contributed by atoms with Crippen molar-refractivity contribution < 1.29 is 14.7 Å². The molecule has 3 N–H and O–H groups in total. The molecule has 0 atom stereocenters. The maximum atomic E-state index is 12.1. The lowest BCUT2D eigenvalue weighted by atomic mass is 9.96. The molecule has 5 nitrogen and oxygen atoms in total. The molecule has 0 radical (unpaired) electrons. The Bertz CT molecular complexity index is 534. The van der Waals surface area contributed by atoms with Gasteiger partial charge in [-0.25, -0.2) is 0 Å². The van der Waals surface area contributed by atoms with Gasteiger partial charge in [0.05, 0.1) is 5.92 Å². The average molecular weight is 290 g/mol. The molecule has 5 heteroatoms. The van der Waals surface area contributed by atoms with Crippen molar-refractivity contribution in [2.75, 3.05) is 25.4 Å². The molecule has 0 aromatic heterocycles. The Morgan fingerprint density at radius 1 is 1.33 bits per heavy atom. The highest BCUT2D eigenvalue weighted by molar-refractivity contribution is 5.97. The number of Topliss-reactive ketones (excluding diaryl/α,β-unsaturated/α-hetero) is 1. The molecular weight excluding hydrogens is 268 g/mol. The number of carbonyl (C=O) groups excluding carboxylic acids is 1. The van der Waals surface area contributed by atoms with Gasteiger partial charge in [-0.05, 0) is 44.5 Å². The van der Waals surface area contributed by atoms with Gasteiger partial charge in [-0.2, -0.15) is 0 Å². The van der Waals surface area contributed by atoms with Crippen molar-refractivity contribution in [2.45, 2.75) is 26.2 Å². The number of ketones is 1. The van der Waals surface area contributed by atoms with Crippen LogP contribution in [0.3, 0.4) is 0 Å². The number of nitrogens with two attached hydrogens (primary N) is 1. The summed E-state index contributed by atoms with van der Waals surface area (Å²) in [6, 6.07) is 5.40. The number of anilines is 1. The Labute approximate surface area is 124 Å². The van der Waals surface area contributed by atoms with E-state index in [2.05, 4.69) is 4.90 Å². The van der Waals surface area contributed by atoms with Crippen LogP contribution in [0.5, 0.6) is 0 Å². The van der Waals surface area contributed by atoms with Crippen LogP contribution in [0, 0.1) is 12.8 Å². The number of piperidine rings is 1. The number of likely N-dealkylation sites (tertiary alicyclic amines) is 1. The minimum absolute atomic E-state index is 0.0852. The molecule has 0 unspecified atom stereocenters. The lowest BCUT2D eigenvalue weighted by molar-refractivity contribution is -0.143. The van der Waals surface area contributed by atoms with Crippen molar-refractivity contribution in [1.29, 1.82) is 0 Å². The van der Waals surface area contributed by atoms with E-state index in [4.69, 9.17) is 10.8 Å². The molecular formula is C16H22N2O3. The second-order valence-corrected chi connectivity index (χ2v) is 5.70. The van der Waals surface area contributed by atoms with Crippen molar-refractivity contribution >= 4 is 17.4 Å². The van der Waals surface area contributed by atoms with Crippen LogP contribution in [0.2, 0.25) is 0 Å². The lowest BCUT2D eigenvalue weighted by Gasteiger charge is -2.29. The normalized spacial score (nSPS) is 16.8. The summed E-state index contributed by atoms with van der Waals surface area (Å²) in [7, 11) is 0. The topological polar surface area (TPSA) is 83.6 Å². The highest BCUT2D eigenvalue weighted by Crippen LogP contribution is 2.18. The number of carbonyl (C=O) groups is 2. The monoisotopic (exact) mass is 290 g/mol. The first-order chi connectivity index (χ1) is 9.97. The first kappa shape index (κ1) is 15.5. The minimum atomic E-state index is -0.708. The Kier molecular flexibility index (Phi) is 4.96. The van der Waals surface area contributed by atoms with E-state index in [0.29, 0.717) is 37.1 Å². The maximum Gasteiger partial charge on any atom is 0.306 e. The highest BCUT2D eigenvalue weighted by Gasteiger charge is 2.24. The number of aryl methyl sites for hydroxylation is 1. The van der Waals surface area contributed by atoms with E-state index in [-0.39, 0.29) is 11.7 Å². The third-order valence-electron chi connectivity index (χ3n) is 4.19. The lowest BCUT2D eigenvalue weighted by Crippen LogP contribution is -2.37. The van der Waals surface area contributed by atoms with Crippen LogP contribution in [-0.2, 0) is 4.79 Å². The maximum absolute atomic E-state index is 12.1. The number of carboxylic acid groups (broad SMARTS) is 1. The Balaban J connectivity index is 1.82. The van der Waals surface area contributed by atoms with Gasteiger partial charge < -0.3 is 15.7 Å². The largest absolute Gasteiger partial charge is 0.481 e. The third-order valence-corrected chi connectivity index (χ3v) is 4.19. The molecule has 1 saturated heterocycles. The first-order valence-electron chi connectivity index (χ1n) is 7.32. The summed E-state index contributed by atoms with van der Waals surface area (Å²) in [6.45, 7) is 4.09. The summed E-state index contributed by atoms with van der Waals surface area (Å²) in [6.07, 6.45) is 1.78. The third kappa shape index (κ3) is 4.04. The average Bonchev–Trinajstić information content (AvgIpc) is 2.48. The SMILES string of the molecule is Cc1ccc(C(=O)CCN2CCC(C(=O)O)CC2)cc1N. The van der Waals surface area contributed by atoms with E-state index in [1.807, 2.05) is 19.1 Å². The van der Waals surface area contributed by atoms with Crippen LogP contribution in [0.1, 0.15) is 35.2 Å². The van der Waals surface area contributed by atoms with Crippen molar-refractivity contribution in [3.8, 4) is 0 Å². The molecule has 21 heavy (non-hydrogen) atoms. The Hall–Kier alpha value is -1.88. The van der Waals surface area contributed by atoms with Crippen molar-refractivity contribution in [2.24, 2.45) is 5.92 Å². The molecule has 1 aliphatic heterocycles. The predicted molar refractivity (Wildman–Crippen MR) is 81.3 cm³/mol. The minimum Gasteiger partial charge on any atom is -0.481 e. The van der Waals surface area contributed by atoms with Crippen molar-refractivity contribution in [3.63, 3.8) is 0 Å². The highest BCUT2D eigenvalue weighted by atomic mass is 16.4. The molecule has 0 bridgehead atoms. The number of aliphatic carboxylic acids is 1. The van der Waals surface area contributed by atoms with E-state index < -0.39 is 5.97 Å². The number of benzene rings is 1. The molecule has 0 spiro atoms. The molecule has 1 aliphatic rings. The molecule has 0 amide bonds. The summed E-state index contributed by atoms with van der Waals surface area (Å²) in [5.74, 6) is -0.850. The zero-order valence-electron chi connectivity index (χ0n) is 12.3. The Morgan fingerprint density at radius 3 is 2.57 bits per heavy atom. The standard InChI is InChI=1S/C16H22N2O3/c1-11-2-3-13(10-14(11)17)15(19)6-9-18-7-4-12(5-8-18)16(20)21/h2-3,10,12H,4-9,17H2,1H3,(H,20,21). The number of nitrogen functional groups attached to an aromatic ring is 1. The fourth-order valence-corrected chi connectivity index (χ4v) is 2.62. The molecule has 1 aromatic rings. The van der Waals surface area contributed by atoms with Crippen LogP contribution in [-0.4, -0.2) is 41.4 Å². The van der Waals surface area contributed by atoms with Crippen LogP contribution < -0.4 is 5.73 Å². The number of rotatable bonds is 5. The van der Waals surface area contributed by atoms with E-state index in [1.54, 1.807) is 6.07 Å². The van der Waals surface area contributed by atoms with Gasteiger partial charge in [-0.1, -0.05) is 12.1 Å². The molecule has 0 saturated carbocycles. The molecule has 114 valence electrons. The van der Waals surface area contributed by atoms with Gasteiger partial charge in [0, 0.05) is 24.2 Å². The fraction of sp³-hybridized carbons (Fsp3) is 0.500. The zero-order chi connectivity index (χ0) is 15.4. The summed E-state index contributed by atoms with van der Waals surface area (Å²) in [4.78, 5) is 25.2. The number of nitrogens with zero attached hydrogens (tertiary/aromatic N) is 1. The van der Waals surface area contributed by atoms with E-state index in [9.17, 15) is 9.59 Å². The number of carboxylic acids is 1. The smallest absolute Gasteiger partial charge is 0.306 e. The van der Waals surface area contributed by atoms with Gasteiger partial charge in [-0.3, -0.25) is 9.59 Å². The fourth-order valence-electron chi connectivity index (χ4n) is 2.62. The summed E-state index contributed by atoms with van der Waals surface area (Å²) >= 11 is 0. The summed E-state index contributed by atoms with van der Waals surface area (Å²) in [5, 5.41) is 8.96. The number of hydrogen-bond donors (Lipinski definition) is 2. The van der Waals surface area contributed by atoms with E-state index >= 15 is 0 Å². The zero-order valence-corrected chi connectivity index (χ0v) is 12.3. The predicted octanol–water partition coefficient (Wildman–Crippen LogP) is 1.95. The Morgan fingerprint density at radius 2 is 2.00 bits per heavy atom. The van der Waals surface area contributed by atoms with Gasteiger partial charge in [0.2, 0.25) is 0 Å². The molecule has 0 aliphatic carbocycles. The van der Waals surface area contributed by atoms with Crippen LogP contribution in [0.15, 0.2) is 18.2 Å². The van der Waals surface area contributed by atoms with Crippen LogP contribution >= 0.6 is 0 Å². The number of hydrogen-bond acceptors (Lipinski definition) is 4. The van der Waals surface area contributed by atoms with E-state index in [1.165, 1.54) is 0 Å². The van der Waals surface area contributed by atoms with Crippen LogP contribution in [0.25, 0.3) is 0 Å². The van der Waals surface area contributed by atoms with Crippen molar-refractivity contribution in [3.05, 3.63) is 29.3 Å². The van der Waals surface area contributed by atoms with Gasteiger partial charge >= 0.3 is 5.97 Å². The van der Waals surface area contributed by atoms with Gasteiger partial charge in [0.15, 0.2) is 5.78 Å². The molecule has 1 heterocycles.